The Hall–Kier alpha value is -5.17. The van der Waals surface area contributed by atoms with Gasteiger partial charge in [-0.25, -0.2) is 0 Å². The number of rotatable bonds is 4. The summed E-state index contributed by atoms with van der Waals surface area (Å²) in [4.78, 5) is 0. The van der Waals surface area contributed by atoms with Crippen LogP contribution < -0.4 is 21.9 Å². The van der Waals surface area contributed by atoms with Crippen LogP contribution in [0.5, 0.6) is 0 Å². The predicted molar refractivity (Wildman–Crippen MR) is 240 cm³/mol. The Morgan fingerprint density at radius 1 is 0.321 bits per heavy atom. The maximum absolute atomic E-state index is 4.82. The summed E-state index contributed by atoms with van der Waals surface area (Å²) in [5, 5.41) is 19.3. The van der Waals surface area contributed by atoms with E-state index in [1.165, 1.54) is 47.5 Å². The second kappa shape index (κ2) is 23.7. The predicted octanol–water partition coefficient (Wildman–Crippen LogP) is 12.2. The van der Waals surface area contributed by atoms with Crippen LogP contribution in [0.4, 0.5) is 22.7 Å². The van der Waals surface area contributed by atoms with Crippen molar-refractivity contribution in [3.63, 3.8) is 0 Å². The topological polar surface area (TPSA) is 56.4 Å². The first-order valence-electron chi connectivity index (χ1n) is 20.3. The Balaban J connectivity index is 0.000000213. The third-order valence-electron chi connectivity index (χ3n) is 10.4. The first-order valence-corrected chi connectivity index (χ1v) is 20.3. The van der Waals surface area contributed by atoms with Crippen LogP contribution in [0.15, 0.2) is 182 Å². The summed E-state index contributed by atoms with van der Waals surface area (Å²) in [7, 11) is 0. The summed E-state index contributed by atoms with van der Waals surface area (Å²) >= 11 is 0. The molecule has 0 aliphatic carbocycles. The van der Waals surface area contributed by atoms with Crippen molar-refractivity contribution in [2.75, 3.05) is 26.2 Å². The third-order valence-corrected chi connectivity index (χ3v) is 10.4. The van der Waals surface area contributed by atoms with Crippen molar-refractivity contribution in [3.05, 3.63) is 203 Å². The molecule has 6 heteroatoms. The number of fused-ring (bicyclic) bond motifs is 2. The zero-order chi connectivity index (χ0) is 37.6. The van der Waals surface area contributed by atoms with E-state index in [0.29, 0.717) is 0 Å². The molecule has 0 saturated carbocycles. The van der Waals surface area contributed by atoms with Gasteiger partial charge in [-0.2, -0.15) is 21.9 Å². The molecule has 6 aromatic carbocycles. The molecule has 0 fully saturated rings. The third kappa shape index (κ3) is 11.9. The van der Waals surface area contributed by atoms with Crippen LogP contribution >= 0.6 is 0 Å². The Morgan fingerprint density at radius 2 is 0.607 bits per heavy atom. The fourth-order valence-corrected chi connectivity index (χ4v) is 7.67. The molecule has 0 bridgehead atoms. The van der Waals surface area contributed by atoms with Gasteiger partial charge in [0.25, 0.3) is 0 Å². The van der Waals surface area contributed by atoms with Gasteiger partial charge in [0.1, 0.15) is 6.15 Å². The van der Waals surface area contributed by atoms with Crippen LogP contribution in [0.25, 0.3) is 21.3 Å². The Kier molecular flexibility index (Phi) is 17.8. The minimum atomic E-state index is -1.22. The van der Waals surface area contributed by atoms with Crippen molar-refractivity contribution in [2.24, 2.45) is 0 Å². The van der Waals surface area contributed by atoms with Crippen LogP contribution in [-0.4, -0.2) is 32.3 Å². The minimum absolute atomic E-state index is 0. The van der Waals surface area contributed by atoms with Gasteiger partial charge >= 0.3 is 16.8 Å². The molecule has 0 N–H and O–H groups in total. The van der Waals surface area contributed by atoms with E-state index in [4.69, 9.17) is 21.3 Å². The summed E-state index contributed by atoms with van der Waals surface area (Å²) in [6, 6.07) is 64.2. The molecule has 0 unspecified atom stereocenters. The molecule has 1 heterocycles. The SMILES string of the molecule is [Co+3].c1ccc([B-](c2ccccc2)(c2ccccc2)c2ccccc2)cc1.c1ccc2[c+](cc1)[N-]CCCCCC[N-]c1ccccc[c+]1[N-]CCCCCC[N-]2. The molecule has 0 amide bonds. The summed E-state index contributed by atoms with van der Waals surface area (Å²) in [6.07, 6.45) is 7.96. The number of hydrogen-bond acceptors (Lipinski definition) is 0. The molecule has 286 valence electrons. The van der Waals surface area contributed by atoms with Crippen molar-refractivity contribution >= 4 is 50.7 Å². The average molecular weight is 781 g/mol. The zero-order valence-electron chi connectivity index (χ0n) is 32.5. The summed E-state index contributed by atoms with van der Waals surface area (Å²) in [5.41, 5.74) is 9.44. The van der Waals surface area contributed by atoms with Crippen LogP contribution in [-0.2, 0) is 16.8 Å². The van der Waals surface area contributed by atoms with Gasteiger partial charge in [0, 0.05) is 60.7 Å². The van der Waals surface area contributed by atoms with Gasteiger partial charge in [0.05, 0.1) is 0 Å². The van der Waals surface area contributed by atoms with Gasteiger partial charge in [0.15, 0.2) is 0 Å². The smallest absolute Gasteiger partial charge is 0.662 e. The fourth-order valence-electron chi connectivity index (χ4n) is 7.67. The molecule has 6 aromatic rings. The molecule has 1 aliphatic heterocycles. The summed E-state index contributed by atoms with van der Waals surface area (Å²) in [5.74, 6) is 0. The molecule has 4 nitrogen and oxygen atoms in total. The Morgan fingerprint density at radius 3 is 0.946 bits per heavy atom. The van der Waals surface area contributed by atoms with E-state index in [2.05, 4.69) is 170 Å². The molecular formula is C50H54BCoN4. The maximum Gasteiger partial charge on any atom is 3.00 e. The van der Waals surface area contributed by atoms with E-state index >= 15 is 0 Å². The number of nitrogens with zero attached hydrogens (tertiary/aromatic N) is 4. The van der Waals surface area contributed by atoms with Crippen molar-refractivity contribution in [1.29, 1.82) is 0 Å². The summed E-state index contributed by atoms with van der Waals surface area (Å²) < 4.78 is 0. The fraction of sp³-hybridized carbons (Fsp3) is 0.240. The van der Waals surface area contributed by atoms with Gasteiger partial charge in [-0.1, -0.05) is 173 Å². The van der Waals surface area contributed by atoms with Crippen LogP contribution in [0.1, 0.15) is 51.4 Å². The standard InChI is InChI=1S/C26H34N4.C24H20B.Co/c1-2-12-20-28-25-17-9-6-10-18-26(25)30-22-14-4-3-13-21-29-24-16-8-5-7-15-23(24)27-19-11-1;1-5-13-21(14-6-1)25(22-15-7-2-8-16-22,23-17-9-3-10-18-23)24-19-11-4-12-20-24;/h5-10,15-18H,1-4,11-14,19-22H2;1-20H;/q-2;-1;+3. The first kappa shape index (κ1) is 42.0. The molecule has 0 radical (unpaired) electrons. The second-order valence-electron chi connectivity index (χ2n) is 14.2. The molecule has 1 aliphatic rings. The van der Waals surface area contributed by atoms with E-state index in [1.54, 1.807) is 0 Å². The zero-order valence-corrected chi connectivity index (χ0v) is 33.5. The van der Waals surface area contributed by atoms with Crippen LogP contribution in [0, 0.1) is 0 Å². The van der Waals surface area contributed by atoms with Crippen molar-refractivity contribution in [2.45, 2.75) is 51.4 Å². The molecule has 0 spiro atoms. The number of hydrogen-bond donors (Lipinski definition) is 0. The van der Waals surface area contributed by atoms with Crippen LogP contribution in [0.3, 0.4) is 0 Å². The normalized spacial score (nSPS) is 14.0. The van der Waals surface area contributed by atoms with E-state index < -0.39 is 6.15 Å². The molecule has 0 aromatic heterocycles. The van der Waals surface area contributed by atoms with E-state index in [0.717, 1.165) is 74.6 Å². The molecule has 7 rings (SSSR count). The van der Waals surface area contributed by atoms with Crippen molar-refractivity contribution < 1.29 is 16.8 Å². The van der Waals surface area contributed by atoms with Gasteiger partial charge in [-0.15, -0.1) is 26.2 Å². The second-order valence-corrected chi connectivity index (χ2v) is 14.2. The quantitative estimate of drug-likeness (QED) is 0.126. The van der Waals surface area contributed by atoms with Gasteiger partial charge in [-0.05, 0) is 22.7 Å². The maximum atomic E-state index is 4.82. The molecular weight excluding hydrogens is 726 g/mol. The Labute approximate surface area is 346 Å². The van der Waals surface area contributed by atoms with E-state index in [-0.39, 0.29) is 16.8 Å². The Bertz CT molecular complexity index is 1690. The largest absolute Gasteiger partial charge is 3.00 e. The van der Waals surface area contributed by atoms with Crippen molar-refractivity contribution in [3.8, 4) is 0 Å². The average Bonchev–Trinajstić information content (AvgIpc) is 3.62. The van der Waals surface area contributed by atoms with Gasteiger partial charge < -0.3 is 21.3 Å². The summed E-state index contributed by atoms with van der Waals surface area (Å²) in [6.45, 7) is 3.45. The monoisotopic (exact) mass is 780 g/mol. The van der Waals surface area contributed by atoms with Gasteiger partial charge in [0.2, 0.25) is 0 Å². The molecule has 56 heavy (non-hydrogen) atoms. The van der Waals surface area contributed by atoms with Crippen molar-refractivity contribution in [1.82, 2.24) is 0 Å². The molecule has 0 atom stereocenters. The van der Waals surface area contributed by atoms with Crippen LogP contribution in [0.2, 0.25) is 0 Å². The van der Waals surface area contributed by atoms with Gasteiger partial charge in [-0.3, -0.25) is 0 Å². The minimum Gasteiger partial charge on any atom is -0.662 e. The first-order chi connectivity index (χ1) is 27.4. The molecule has 0 saturated heterocycles. The van der Waals surface area contributed by atoms with E-state index in [1.807, 2.05) is 12.1 Å². The van der Waals surface area contributed by atoms with E-state index in [9.17, 15) is 0 Å². The number of benzene rings is 4.